The lowest BCUT2D eigenvalue weighted by molar-refractivity contribution is -0.126. The van der Waals surface area contributed by atoms with Crippen LogP contribution in [0.4, 0.5) is 0 Å². The molecule has 5 heteroatoms. The van der Waals surface area contributed by atoms with Gasteiger partial charge in [-0.25, -0.2) is 0 Å². The molecule has 0 aliphatic carbocycles. The first-order valence-electron chi connectivity index (χ1n) is 6.41. The summed E-state index contributed by atoms with van der Waals surface area (Å²) >= 11 is 0. The Kier molecular flexibility index (Phi) is 6.47. The molecule has 1 aliphatic heterocycles. The average molecular weight is 243 g/mol. The molecule has 0 aromatic heterocycles. The van der Waals surface area contributed by atoms with Crippen LogP contribution in [-0.4, -0.2) is 56.7 Å². The fourth-order valence-electron chi connectivity index (χ4n) is 2.56. The van der Waals surface area contributed by atoms with E-state index in [-0.39, 0.29) is 11.9 Å². The summed E-state index contributed by atoms with van der Waals surface area (Å²) in [7, 11) is 3.41. The topological polar surface area (TPSA) is 67.6 Å². The van der Waals surface area contributed by atoms with E-state index in [1.165, 1.54) is 0 Å². The van der Waals surface area contributed by atoms with Gasteiger partial charge in [-0.15, -0.1) is 0 Å². The van der Waals surface area contributed by atoms with Crippen molar-refractivity contribution in [1.29, 1.82) is 0 Å². The van der Waals surface area contributed by atoms with Gasteiger partial charge in [-0.3, -0.25) is 9.69 Å². The Morgan fingerprint density at radius 1 is 1.65 bits per heavy atom. The fraction of sp³-hybridized carbons (Fsp3) is 0.917. The molecule has 0 bridgehead atoms. The SMILES string of the molecule is CNC(=O)C1CCCN1C(CCCN)COC. The first-order valence-corrected chi connectivity index (χ1v) is 6.41. The minimum absolute atomic E-state index is 0.0120. The Balaban J connectivity index is 2.60. The Bertz CT molecular complexity index is 236. The molecule has 5 nitrogen and oxygen atoms in total. The smallest absolute Gasteiger partial charge is 0.237 e. The minimum atomic E-state index is 0.0120. The zero-order valence-corrected chi connectivity index (χ0v) is 10.9. The van der Waals surface area contributed by atoms with Gasteiger partial charge < -0.3 is 15.8 Å². The van der Waals surface area contributed by atoms with E-state index >= 15 is 0 Å². The Hall–Kier alpha value is -0.650. The normalized spacial score (nSPS) is 22.6. The van der Waals surface area contributed by atoms with Crippen LogP contribution in [0.15, 0.2) is 0 Å². The number of carbonyl (C=O) groups is 1. The van der Waals surface area contributed by atoms with Crippen LogP contribution in [0.2, 0.25) is 0 Å². The molecule has 17 heavy (non-hydrogen) atoms. The highest BCUT2D eigenvalue weighted by atomic mass is 16.5. The van der Waals surface area contributed by atoms with Gasteiger partial charge in [0.15, 0.2) is 0 Å². The molecular formula is C12H25N3O2. The number of nitrogens with two attached hydrogens (primary N) is 1. The predicted octanol–water partition coefficient (Wildman–Crippen LogP) is -0.0493. The summed E-state index contributed by atoms with van der Waals surface area (Å²) in [6.45, 7) is 2.35. The van der Waals surface area contributed by atoms with Crippen LogP contribution in [0.3, 0.4) is 0 Å². The van der Waals surface area contributed by atoms with Crippen molar-refractivity contribution in [3.05, 3.63) is 0 Å². The van der Waals surface area contributed by atoms with E-state index in [1.807, 2.05) is 0 Å². The number of hydrogen-bond acceptors (Lipinski definition) is 4. The van der Waals surface area contributed by atoms with Crippen molar-refractivity contribution < 1.29 is 9.53 Å². The highest BCUT2D eigenvalue weighted by Gasteiger charge is 2.34. The van der Waals surface area contributed by atoms with Crippen molar-refractivity contribution in [1.82, 2.24) is 10.2 Å². The number of amides is 1. The third-order valence-corrected chi connectivity index (χ3v) is 3.41. The van der Waals surface area contributed by atoms with Crippen LogP contribution in [-0.2, 0) is 9.53 Å². The first kappa shape index (κ1) is 14.4. The largest absolute Gasteiger partial charge is 0.383 e. The van der Waals surface area contributed by atoms with Gasteiger partial charge in [-0.1, -0.05) is 0 Å². The van der Waals surface area contributed by atoms with Crippen molar-refractivity contribution in [3.8, 4) is 0 Å². The Labute approximate surface area is 104 Å². The fourth-order valence-corrected chi connectivity index (χ4v) is 2.56. The van der Waals surface area contributed by atoms with Crippen LogP contribution in [0.5, 0.6) is 0 Å². The number of nitrogens with zero attached hydrogens (tertiary/aromatic N) is 1. The van der Waals surface area contributed by atoms with Crippen LogP contribution >= 0.6 is 0 Å². The van der Waals surface area contributed by atoms with Gasteiger partial charge in [0, 0.05) is 20.2 Å². The molecule has 100 valence electrons. The van der Waals surface area contributed by atoms with Crippen molar-refractivity contribution in [3.63, 3.8) is 0 Å². The number of likely N-dealkylation sites (N-methyl/N-ethyl adjacent to an activating group) is 1. The molecule has 3 N–H and O–H groups in total. The molecule has 2 atom stereocenters. The van der Waals surface area contributed by atoms with E-state index in [2.05, 4.69) is 10.2 Å². The standard InChI is InChI=1S/C12H25N3O2/c1-14-12(16)11-6-4-8-15(11)10(9-17-2)5-3-7-13/h10-11H,3-9,13H2,1-2H3,(H,14,16). The van der Waals surface area contributed by atoms with Crippen molar-refractivity contribution in [2.75, 3.05) is 33.9 Å². The van der Waals surface area contributed by atoms with Gasteiger partial charge in [-0.2, -0.15) is 0 Å². The molecular weight excluding hydrogens is 218 g/mol. The van der Waals surface area contributed by atoms with E-state index in [1.54, 1.807) is 14.2 Å². The molecule has 2 unspecified atom stereocenters. The third kappa shape index (κ3) is 3.94. The van der Waals surface area contributed by atoms with E-state index < -0.39 is 0 Å². The molecule has 0 saturated carbocycles. The molecule has 0 radical (unpaired) electrons. The predicted molar refractivity (Wildman–Crippen MR) is 67.7 cm³/mol. The van der Waals surface area contributed by atoms with Crippen LogP contribution in [0, 0.1) is 0 Å². The monoisotopic (exact) mass is 243 g/mol. The second-order valence-corrected chi connectivity index (χ2v) is 4.55. The summed E-state index contributed by atoms with van der Waals surface area (Å²) in [5.41, 5.74) is 5.55. The number of ether oxygens (including phenoxy) is 1. The maximum Gasteiger partial charge on any atom is 0.237 e. The number of nitrogens with one attached hydrogen (secondary N) is 1. The van der Waals surface area contributed by atoms with Gasteiger partial charge in [0.25, 0.3) is 0 Å². The summed E-state index contributed by atoms with van der Waals surface area (Å²) in [4.78, 5) is 14.1. The molecule has 0 aromatic rings. The number of rotatable bonds is 7. The summed E-state index contributed by atoms with van der Waals surface area (Å²) < 4.78 is 5.26. The van der Waals surface area contributed by atoms with Crippen LogP contribution in [0.1, 0.15) is 25.7 Å². The molecule has 0 spiro atoms. The van der Waals surface area contributed by atoms with E-state index in [4.69, 9.17) is 10.5 Å². The molecule has 1 heterocycles. The lowest BCUT2D eigenvalue weighted by Crippen LogP contribution is -2.48. The number of hydrogen-bond donors (Lipinski definition) is 2. The molecule has 1 amide bonds. The van der Waals surface area contributed by atoms with Crippen molar-refractivity contribution >= 4 is 5.91 Å². The first-order chi connectivity index (χ1) is 8.24. The van der Waals surface area contributed by atoms with Gasteiger partial charge in [0.05, 0.1) is 12.6 Å². The molecule has 1 aliphatic rings. The van der Waals surface area contributed by atoms with Crippen molar-refractivity contribution in [2.24, 2.45) is 5.73 Å². The number of likely N-dealkylation sites (tertiary alicyclic amines) is 1. The van der Waals surface area contributed by atoms with Crippen LogP contribution in [0.25, 0.3) is 0 Å². The zero-order valence-electron chi connectivity index (χ0n) is 10.9. The van der Waals surface area contributed by atoms with E-state index in [0.29, 0.717) is 19.2 Å². The molecule has 1 rings (SSSR count). The second kappa shape index (κ2) is 7.63. The van der Waals surface area contributed by atoms with E-state index in [0.717, 1.165) is 32.2 Å². The number of methoxy groups -OCH3 is 1. The lowest BCUT2D eigenvalue weighted by Gasteiger charge is -2.31. The molecule has 1 saturated heterocycles. The van der Waals surface area contributed by atoms with Crippen molar-refractivity contribution in [2.45, 2.75) is 37.8 Å². The second-order valence-electron chi connectivity index (χ2n) is 4.55. The summed E-state index contributed by atoms with van der Waals surface area (Å²) in [5.74, 6) is 0.122. The maximum atomic E-state index is 11.8. The summed E-state index contributed by atoms with van der Waals surface area (Å²) in [6, 6.07) is 0.325. The molecule has 0 aromatic carbocycles. The van der Waals surface area contributed by atoms with Gasteiger partial charge in [0.2, 0.25) is 5.91 Å². The van der Waals surface area contributed by atoms with Gasteiger partial charge in [0.1, 0.15) is 0 Å². The lowest BCUT2D eigenvalue weighted by atomic mass is 10.1. The highest BCUT2D eigenvalue weighted by molar-refractivity contribution is 5.81. The number of carbonyl (C=O) groups excluding carboxylic acids is 1. The van der Waals surface area contributed by atoms with Crippen LogP contribution < -0.4 is 11.1 Å². The average Bonchev–Trinajstić information content (AvgIpc) is 2.82. The Morgan fingerprint density at radius 3 is 3.00 bits per heavy atom. The van der Waals surface area contributed by atoms with Gasteiger partial charge in [-0.05, 0) is 38.8 Å². The van der Waals surface area contributed by atoms with Gasteiger partial charge >= 0.3 is 0 Å². The zero-order chi connectivity index (χ0) is 12.7. The molecule has 1 fully saturated rings. The minimum Gasteiger partial charge on any atom is -0.383 e. The quantitative estimate of drug-likeness (QED) is 0.658. The highest BCUT2D eigenvalue weighted by Crippen LogP contribution is 2.22. The summed E-state index contributed by atoms with van der Waals surface area (Å²) in [5, 5.41) is 2.74. The Morgan fingerprint density at radius 2 is 2.41 bits per heavy atom. The third-order valence-electron chi connectivity index (χ3n) is 3.41. The van der Waals surface area contributed by atoms with E-state index in [9.17, 15) is 4.79 Å². The summed E-state index contributed by atoms with van der Waals surface area (Å²) in [6.07, 6.45) is 4.01. The maximum absolute atomic E-state index is 11.8.